The van der Waals surface area contributed by atoms with E-state index in [9.17, 15) is 9.90 Å². The van der Waals surface area contributed by atoms with Crippen LogP contribution in [0.25, 0.3) is 0 Å². The monoisotopic (exact) mass is 224 g/mol. The van der Waals surface area contributed by atoms with Gasteiger partial charge in [0.15, 0.2) is 0 Å². The SMILES string of the molecule is NC(=S)CNC(=O)Cc1cccc(O)c1. The minimum absolute atomic E-state index is 0.148. The number of benzene rings is 1. The Balaban J connectivity index is 2.48. The molecule has 80 valence electrons. The van der Waals surface area contributed by atoms with E-state index in [1.54, 1.807) is 24.3 Å². The van der Waals surface area contributed by atoms with Crippen LogP contribution < -0.4 is 11.1 Å². The Kier molecular flexibility index (Phi) is 4.05. The van der Waals surface area contributed by atoms with Crippen molar-refractivity contribution in [3.8, 4) is 5.75 Å². The van der Waals surface area contributed by atoms with E-state index >= 15 is 0 Å². The molecule has 0 bridgehead atoms. The van der Waals surface area contributed by atoms with E-state index in [0.717, 1.165) is 5.56 Å². The van der Waals surface area contributed by atoms with E-state index in [1.165, 1.54) is 0 Å². The van der Waals surface area contributed by atoms with Gasteiger partial charge in [0, 0.05) is 0 Å². The molecule has 0 atom stereocenters. The molecule has 0 spiro atoms. The Morgan fingerprint density at radius 1 is 1.53 bits per heavy atom. The number of thiocarbonyl (C=S) groups is 1. The second-order valence-corrected chi connectivity index (χ2v) is 3.61. The third-order valence-electron chi connectivity index (χ3n) is 1.74. The van der Waals surface area contributed by atoms with Gasteiger partial charge >= 0.3 is 0 Å². The summed E-state index contributed by atoms with van der Waals surface area (Å²) >= 11 is 4.62. The van der Waals surface area contributed by atoms with Crippen molar-refractivity contribution in [3.63, 3.8) is 0 Å². The van der Waals surface area contributed by atoms with Crippen LogP contribution in [0.15, 0.2) is 24.3 Å². The Hall–Kier alpha value is -1.62. The largest absolute Gasteiger partial charge is 0.508 e. The first-order chi connectivity index (χ1) is 7.08. The highest BCUT2D eigenvalue weighted by molar-refractivity contribution is 7.80. The summed E-state index contributed by atoms with van der Waals surface area (Å²) in [6, 6.07) is 6.54. The van der Waals surface area contributed by atoms with E-state index in [1.807, 2.05) is 0 Å². The number of amides is 1. The van der Waals surface area contributed by atoms with Crippen LogP contribution in [0.2, 0.25) is 0 Å². The molecule has 0 aliphatic rings. The Bertz CT molecular complexity index is 379. The number of carbonyl (C=O) groups excluding carboxylic acids is 1. The summed E-state index contributed by atoms with van der Waals surface area (Å²) in [5.74, 6) is -0.0250. The second-order valence-electron chi connectivity index (χ2n) is 3.09. The van der Waals surface area contributed by atoms with Gasteiger partial charge in [0.25, 0.3) is 0 Å². The Labute approximate surface area is 93.1 Å². The molecule has 0 aliphatic heterocycles. The summed E-state index contributed by atoms with van der Waals surface area (Å²) in [5, 5.41) is 11.7. The molecule has 1 aromatic carbocycles. The molecule has 0 aliphatic carbocycles. The average molecular weight is 224 g/mol. The van der Waals surface area contributed by atoms with Crippen molar-refractivity contribution in [3.05, 3.63) is 29.8 Å². The van der Waals surface area contributed by atoms with Gasteiger partial charge < -0.3 is 16.2 Å². The predicted molar refractivity (Wildman–Crippen MR) is 61.6 cm³/mol. The second kappa shape index (κ2) is 5.31. The van der Waals surface area contributed by atoms with E-state index in [4.69, 9.17) is 5.73 Å². The smallest absolute Gasteiger partial charge is 0.224 e. The lowest BCUT2D eigenvalue weighted by Gasteiger charge is -2.04. The van der Waals surface area contributed by atoms with Gasteiger partial charge in [-0.15, -0.1) is 0 Å². The van der Waals surface area contributed by atoms with Gasteiger partial charge in [-0.25, -0.2) is 0 Å². The zero-order valence-electron chi connectivity index (χ0n) is 8.06. The molecule has 0 unspecified atom stereocenters. The number of aromatic hydroxyl groups is 1. The summed E-state index contributed by atoms with van der Waals surface area (Å²) in [6.45, 7) is 0.201. The fourth-order valence-corrected chi connectivity index (χ4v) is 1.17. The summed E-state index contributed by atoms with van der Waals surface area (Å²) in [7, 11) is 0. The minimum Gasteiger partial charge on any atom is -0.508 e. The van der Waals surface area contributed by atoms with E-state index in [-0.39, 0.29) is 29.6 Å². The number of nitrogens with one attached hydrogen (secondary N) is 1. The van der Waals surface area contributed by atoms with Crippen molar-refractivity contribution < 1.29 is 9.90 Å². The molecule has 4 nitrogen and oxygen atoms in total. The number of phenols is 1. The zero-order valence-corrected chi connectivity index (χ0v) is 8.88. The normalized spacial score (nSPS) is 9.60. The van der Waals surface area contributed by atoms with Gasteiger partial charge in [-0.05, 0) is 17.7 Å². The zero-order chi connectivity index (χ0) is 11.3. The standard InChI is InChI=1S/C10H12N2O2S/c11-9(15)6-12-10(14)5-7-2-1-3-8(13)4-7/h1-4,13H,5-6H2,(H2,11,15)(H,12,14). The summed E-state index contributed by atoms with van der Waals surface area (Å²) in [6.07, 6.45) is 0.205. The molecule has 0 aromatic heterocycles. The summed E-state index contributed by atoms with van der Waals surface area (Å²) < 4.78 is 0. The molecule has 0 saturated carbocycles. The van der Waals surface area contributed by atoms with Gasteiger partial charge in [-0.1, -0.05) is 24.4 Å². The first kappa shape index (κ1) is 11.5. The number of phenolic OH excluding ortho intramolecular Hbond substituents is 1. The van der Waals surface area contributed by atoms with Crippen LogP contribution in [0.1, 0.15) is 5.56 Å². The van der Waals surface area contributed by atoms with Crippen molar-refractivity contribution in [1.29, 1.82) is 0 Å². The fourth-order valence-electron chi connectivity index (χ4n) is 1.10. The lowest BCUT2D eigenvalue weighted by molar-refractivity contribution is -0.120. The van der Waals surface area contributed by atoms with E-state index in [0.29, 0.717) is 0 Å². The average Bonchev–Trinajstić information content (AvgIpc) is 2.15. The van der Waals surface area contributed by atoms with Crippen LogP contribution in [0.4, 0.5) is 0 Å². The molecular formula is C10H12N2O2S. The van der Waals surface area contributed by atoms with E-state index in [2.05, 4.69) is 17.5 Å². The molecule has 5 heteroatoms. The molecule has 1 aromatic rings. The van der Waals surface area contributed by atoms with E-state index < -0.39 is 0 Å². The van der Waals surface area contributed by atoms with Crippen LogP contribution >= 0.6 is 12.2 Å². The fraction of sp³-hybridized carbons (Fsp3) is 0.200. The highest BCUT2D eigenvalue weighted by atomic mass is 32.1. The van der Waals surface area contributed by atoms with Gasteiger partial charge in [0.2, 0.25) is 5.91 Å². The molecule has 1 rings (SSSR count). The maximum absolute atomic E-state index is 11.3. The van der Waals surface area contributed by atoms with Crippen LogP contribution in [-0.2, 0) is 11.2 Å². The van der Waals surface area contributed by atoms with Crippen LogP contribution in [0.5, 0.6) is 5.75 Å². The maximum Gasteiger partial charge on any atom is 0.224 e. The molecule has 0 saturated heterocycles. The van der Waals surface area contributed by atoms with Crippen molar-refractivity contribution in [2.75, 3.05) is 6.54 Å². The number of nitrogens with two attached hydrogens (primary N) is 1. The van der Waals surface area contributed by atoms with Crippen molar-refractivity contribution >= 4 is 23.1 Å². The van der Waals surface area contributed by atoms with Crippen LogP contribution in [0.3, 0.4) is 0 Å². The predicted octanol–water partition coefficient (Wildman–Crippen LogP) is 0.337. The Morgan fingerprint density at radius 3 is 2.87 bits per heavy atom. The Morgan fingerprint density at radius 2 is 2.27 bits per heavy atom. The van der Waals surface area contributed by atoms with Gasteiger partial charge in [-0.2, -0.15) is 0 Å². The number of rotatable bonds is 4. The van der Waals surface area contributed by atoms with Crippen LogP contribution in [0, 0.1) is 0 Å². The summed E-state index contributed by atoms with van der Waals surface area (Å²) in [5.41, 5.74) is 5.98. The molecule has 0 heterocycles. The molecule has 15 heavy (non-hydrogen) atoms. The molecular weight excluding hydrogens is 212 g/mol. The number of hydrogen-bond acceptors (Lipinski definition) is 3. The summed E-state index contributed by atoms with van der Waals surface area (Å²) in [4.78, 5) is 11.6. The van der Waals surface area contributed by atoms with Gasteiger partial charge in [-0.3, -0.25) is 4.79 Å². The lowest BCUT2D eigenvalue weighted by atomic mass is 10.1. The third kappa shape index (κ3) is 4.42. The van der Waals surface area contributed by atoms with Gasteiger partial charge in [0.05, 0.1) is 18.0 Å². The van der Waals surface area contributed by atoms with Crippen molar-refractivity contribution in [2.45, 2.75) is 6.42 Å². The minimum atomic E-state index is -0.173. The maximum atomic E-state index is 11.3. The number of carbonyl (C=O) groups is 1. The van der Waals surface area contributed by atoms with Crippen molar-refractivity contribution in [2.24, 2.45) is 5.73 Å². The molecule has 1 amide bonds. The van der Waals surface area contributed by atoms with Crippen LogP contribution in [-0.4, -0.2) is 22.5 Å². The molecule has 4 N–H and O–H groups in total. The third-order valence-corrected chi connectivity index (χ3v) is 1.88. The number of hydrogen-bond donors (Lipinski definition) is 3. The van der Waals surface area contributed by atoms with Crippen molar-refractivity contribution in [1.82, 2.24) is 5.32 Å². The first-order valence-electron chi connectivity index (χ1n) is 4.41. The highest BCUT2D eigenvalue weighted by Crippen LogP contribution is 2.10. The quantitative estimate of drug-likeness (QED) is 0.645. The molecule has 0 fully saturated rings. The first-order valence-corrected chi connectivity index (χ1v) is 4.81. The lowest BCUT2D eigenvalue weighted by Crippen LogP contribution is -2.33. The van der Waals surface area contributed by atoms with Gasteiger partial charge in [0.1, 0.15) is 5.75 Å². The molecule has 0 radical (unpaired) electrons. The highest BCUT2D eigenvalue weighted by Gasteiger charge is 2.03. The topological polar surface area (TPSA) is 75.3 Å².